The normalized spacial score (nSPS) is 17.1. The summed E-state index contributed by atoms with van der Waals surface area (Å²) in [5.41, 5.74) is 0.626. The molecule has 0 bridgehead atoms. The van der Waals surface area contributed by atoms with Crippen molar-refractivity contribution in [3.05, 3.63) is 69.4 Å². The molecule has 0 spiro atoms. The van der Waals surface area contributed by atoms with E-state index in [4.69, 9.17) is 4.42 Å². The number of furan rings is 1. The van der Waals surface area contributed by atoms with E-state index in [2.05, 4.69) is 5.32 Å². The van der Waals surface area contributed by atoms with E-state index < -0.39 is 23.0 Å². The highest BCUT2D eigenvalue weighted by atomic mass is 19.2. The molecule has 4 rings (SSSR count). The summed E-state index contributed by atoms with van der Waals surface area (Å²) < 4.78 is 34.9. The highest BCUT2D eigenvalue weighted by molar-refractivity contribution is 5.98. The van der Waals surface area contributed by atoms with E-state index in [1.54, 1.807) is 17.6 Å². The van der Waals surface area contributed by atoms with Gasteiger partial charge in [-0.1, -0.05) is 0 Å². The van der Waals surface area contributed by atoms with Crippen molar-refractivity contribution >= 4 is 16.8 Å². The van der Waals surface area contributed by atoms with Gasteiger partial charge >= 0.3 is 0 Å². The number of hydrogen-bond donors (Lipinski definition) is 1. The minimum Gasteiger partial charge on any atom is -0.472 e. The van der Waals surface area contributed by atoms with Gasteiger partial charge in [0.05, 0.1) is 24.1 Å². The Bertz CT molecular complexity index is 1100. The molecule has 2 aromatic heterocycles. The summed E-state index contributed by atoms with van der Waals surface area (Å²) in [6.07, 6.45) is 5.40. The maximum Gasteiger partial charge on any atom is 0.257 e. The maximum absolute atomic E-state index is 14.2. The van der Waals surface area contributed by atoms with Crippen molar-refractivity contribution in [2.24, 2.45) is 0 Å². The van der Waals surface area contributed by atoms with Crippen LogP contribution < -0.4 is 10.7 Å². The molecular formula is C20H18F2N2O3. The quantitative estimate of drug-likeness (QED) is 0.759. The molecule has 0 fully saturated rings. The Hall–Kier alpha value is -2.96. The minimum absolute atomic E-state index is 0.0269. The lowest BCUT2D eigenvalue weighted by atomic mass is 9.95. The molecule has 0 unspecified atom stereocenters. The first-order valence-electron chi connectivity index (χ1n) is 8.77. The zero-order valence-electron chi connectivity index (χ0n) is 14.9. The van der Waals surface area contributed by atoms with Gasteiger partial charge in [0.2, 0.25) is 5.43 Å². The topological polar surface area (TPSA) is 64.2 Å². The van der Waals surface area contributed by atoms with Crippen molar-refractivity contribution in [1.82, 2.24) is 9.88 Å². The third-order valence-corrected chi connectivity index (χ3v) is 5.22. The number of carbonyl (C=O) groups excluding carboxylic acids is 1. The van der Waals surface area contributed by atoms with Crippen LogP contribution in [0.15, 0.2) is 40.1 Å². The van der Waals surface area contributed by atoms with Crippen LogP contribution in [-0.2, 0) is 6.42 Å². The SMILES string of the molecule is C[C@@H]1CCc2c(F)c(F)cc3c(=O)c(C(=O)N[C@H](C)c4ccoc4)cn1c23. The van der Waals surface area contributed by atoms with Crippen LogP contribution in [0.5, 0.6) is 0 Å². The van der Waals surface area contributed by atoms with Crippen LogP contribution in [0, 0.1) is 11.6 Å². The predicted octanol–water partition coefficient (Wildman–Crippen LogP) is 3.87. The molecule has 1 aromatic carbocycles. The smallest absolute Gasteiger partial charge is 0.257 e. The average Bonchev–Trinajstić information content (AvgIpc) is 3.17. The van der Waals surface area contributed by atoms with Crippen LogP contribution >= 0.6 is 0 Å². The van der Waals surface area contributed by atoms with Gasteiger partial charge < -0.3 is 14.3 Å². The van der Waals surface area contributed by atoms with Gasteiger partial charge in [-0.25, -0.2) is 8.78 Å². The molecule has 0 saturated carbocycles. The zero-order chi connectivity index (χ0) is 19.3. The first-order chi connectivity index (χ1) is 12.9. The van der Waals surface area contributed by atoms with Crippen LogP contribution in [0.3, 0.4) is 0 Å². The van der Waals surface area contributed by atoms with Crippen molar-refractivity contribution in [2.75, 3.05) is 0 Å². The van der Waals surface area contributed by atoms with Gasteiger partial charge in [-0.15, -0.1) is 0 Å². The second-order valence-corrected chi connectivity index (χ2v) is 6.97. The largest absolute Gasteiger partial charge is 0.472 e. The fourth-order valence-corrected chi connectivity index (χ4v) is 3.65. The molecule has 27 heavy (non-hydrogen) atoms. The molecule has 1 aliphatic heterocycles. The fraction of sp³-hybridized carbons (Fsp3) is 0.300. The number of aryl methyl sites for hydroxylation is 1. The Labute approximate surface area is 153 Å². The highest BCUT2D eigenvalue weighted by Gasteiger charge is 2.27. The standard InChI is InChI=1S/C20H18F2N2O3/c1-10-3-4-13-17(22)16(21)7-14-18(13)24(10)8-15(19(14)25)20(26)23-11(2)12-5-6-27-9-12/h5-11H,3-4H2,1-2H3,(H,23,26)/t10-,11-/m1/s1. The number of carbonyl (C=O) groups is 1. The zero-order valence-corrected chi connectivity index (χ0v) is 14.9. The summed E-state index contributed by atoms with van der Waals surface area (Å²) in [6, 6.07) is 2.20. The van der Waals surface area contributed by atoms with Crippen molar-refractivity contribution in [3.8, 4) is 0 Å². The van der Waals surface area contributed by atoms with Gasteiger partial charge in [-0.2, -0.15) is 0 Å². The van der Waals surface area contributed by atoms with Crippen LogP contribution in [0.25, 0.3) is 10.9 Å². The van der Waals surface area contributed by atoms with E-state index in [0.29, 0.717) is 18.4 Å². The van der Waals surface area contributed by atoms with Crippen LogP contribution in [-0.4, -0.2) is 10.5 Å². The van der Waals surface area contributed by atoms with Gasteiger partial charge in [0, 0.05) is 28.8 Å². The molecule has 0 saturated heterocycles. The Morgan fingerprint density at radius 3 is 2.89 bits per heavy atom. The monoisotopic (exact) mass is 372 g/mol. The minimum atomic E-state index is -1.07. The second kappa shape index (κ2) is 6.33. The number of nitrogens with one attached hydrogen (secondary N) is 1. The van der Waals surface area contributed by atoms with E-state index in [9.17, 15) is 18.4 Å². The van der Waals surface area contributed by atoms with Crippen LogP contribution in [0.4, 0.5) is 8.78 Å². The molecule has 3 heterocycles. The summed E-state index contributed by atoms with van der Waals surface area (Å²) in [7, 11) is 0. The number of halogens is 2. The predicted molar refractivity (Wildman–Crippen MR) is 95.7 cm³/mol. The summed E-state index contributed by atoms with van der Waals surface area (Å²) in [5.74, 6) is -2.56. The Kier molecular flexibility index (Phi) is 4.09. The number of hydrogen-bond acceptors (Lipinski definition) is 3. The van der Waals surface area contributed by atoms with Crippen molar-refractivity contribution in [3.63, 3.8) is 0 Å². The number of benzene rings is 1. The van der Waals surface area contributed by atoms with Crippen molar-refractivity contribution < 1.29 is 18.0 Å². The van der Waals surface area contributed by atoms with Gasteiger partial charge in [0.25, 0.3) is 5.91 Å². The molecule has 0 radical (unpaired) electrons. The second-order valence-electron chi connectivity index (χ2n) is 6.97. The maximum atomic E-state index is 14.2. The first kappa shape index (κ1) is 17.5. The summed E-state index contributed by atoms with van der Waals surface area (Å²) in [6.45, 7) is 3.69. The van der Waals surface area contributed by atoms with E-state index in [0.717, 1.165) is 11.6 Å². The molecule has 1 N–H and O–H groups in total. The van der Waals surface area contributed by atoms with Crippen molar-refractivity contribution in [1.29, 1.82) is 0 Å². The van der Waals surface area contributed by atoms with Crippen molar-refractivity contribution in [2.45, 2.75) is 38.8 Å². The van der Waals surface area contributed by atoms with Crippen LogP contribution in [0.2, 0.25) is 0 Å². The number of pyridine rings is 1. The van der Waals surface area contributed by atoms with E-state index in [1.165, 1.54) is 18.7 Å². The molecule has 0 aliphatic carbocycles. The third-order valence-electron chi connectivity index (χ3n) is 5.22. The Balaban J connectivity index is 1.85. The number of aromatic nitrogens is 1. The molecule has 3 aromatic rings. The number of nitrogens with zero attached hydrogens (tertiary/aromatic N) is 1. The summed E-state index contributed by atoms with van der Waals surface area (Å²) in [5, 5.41) is 2.78. The summed E-state index contributed by atoms with van der Waals surface area (Å²) in [4.78, 5) is 25.6. The first-order valence-corrected chi connectivity index (χ1v) is 8.77. The summed E-state index contributed by atoms with van der Waals surface area (Å²) >= 11 is 0. The van der Waals surface area contributed by atoms with Gasteiger partial charge in [-0.05, 0) is 38.8 Å². The van der Waals surface area contributed by atoms with E-state index in [1.807, 2.05) is 6.92 Å². The van der Waals surface area contributed by atoms with Crippen LogP contribution in [0.1, 0.15) is 53.8 Å². The third kappa shape index (κ3) is 2.74. The molecule has 7 heteroatoms. The Morgan fingerprint density at radius 2 is 2.19 bits per heavy atom. The Morgan fingerprint density at radius 1 is 1.41 bits per heavy atom. The van der Waals surface area contributed by atoms with Gasteiger partial charge in [0.1, 0.15) is 5.56 Å². The number of rotatable bonds is 3. The van der Waals surface area contributed by atoms with Gasteiger partial charge in [-0.3, -0.25) is 9.59 Å². The number of amides is 1. The lowest BCUT2D eigenvalue weighted by Gasteiger charge is -2.27. The molecule has 5 nitrogen and oxygen atoms in total. The van der Waals surface area contributed by atoms with E-state index >= 15 is 0 Å². The molecule has 140 valence electrons. The molecule has 1 aliphatic rings. The average molecular weight is 372 g/mol. The lowest BCUT2D eigenvalue weighted by molar-refractivity contribution is 0.0938. The molecule has 1 amide bonds. The highest BCUT2D eigenvalue weighted by Crippen LogP contribution is 2.32. The molecule has 2 atom stereocenters. The molecular weight excluding hydrogens is 354 g/mol. The van der Waals surface area contributed by atoms with Gasteiger partial charge in [0.15, 0.2) is 11.6 Å². The van der Waals surface area contributed by atoms with E-state index in [-0.39, 0.29) is 28.6 Å². The lowest BCUT2D eigenvalue weighted by Crippen LogP contribution is -2.33. The fourth-order valence-electron chi connectivity index (χ4n) is 3.65.